The quantitative estimate of drug-likeness (QED) is 0.676. The van der Waals surface area contributed by atoms with Crippen molar-refractivity contribution in [2.45, 2.75) is 6.61 Å². The van der Waals surface area contributed by atoms with Crippen molar-refractivity contribution in [3.63, 3.8) is 0 Å². The summed E-state index contributed by atoms with van der Waals surface area (Å²) in [7, 11) is 1.49. The molecule has 2 rings (SSSR count). The normalized spacial score (nSPS) is 9.95. The zero-order valence-electron chi connectivity index (χ0n) is 11.4. The standard InChI is InChI=1S/C15H14N2O4/c1-16-15(18)12-7-8-13(17(19)20)14(9-12)21-10-11-5-3-2-4-6-11/h2-9H,10H2,1H3,(H,16,18). The minimum atomic E-state index is -0.534. The topological polar surface area (TPSA) is 81.5 Å². The van der Waals surface area contributed by atoms with Crippen LogP contribution in [0, 0.1) is 10.1 Å². The molecule has 0 aromatic heterocycles. The second-order valence-corrected chi connectivity index (χ2v) is 4.29. The molecular formula is C15H14N2O4. The molecule has 0 heterocycles. The Hall–Kier alpha value is -2.89. The lowest BCUT2D eigenvalue weighted by atomic mass is 10.1. The highest BCUT2D eigenvalue weighted by atomic mass is 16.6. The number of carbonyl (C=O) groups excluding carboxylic acids is 1. The monoisotopic (exact) mass is 286 g/mol. The number of nitrogens with one attached hydrogen (secondary N) is 1. The first kappa shape index (κ1) is 14.5. The zero-order chi connectivity index (χ0) is 15.2. The largest absolute Gasteiger partial charge is 0.482 e. The van der Waals surface area contributed by atoms with Crippen LogP contribution in [0.2, 0.25) is 0 Å². The van der Waals surface area contributed by atoms with Crippen molar-refractivity contribution in [2.75, 3.05) is 7.05 Å². The van der Waals surface area contributed by atoms with Crippen LogP contribution >= 0.6 is 0 Å². The third kappa shape index (κ3) is 3.56. The van der Waals surface area contributed by atoms with E-state index < -0.39 is 4.92 Å². The number of nitro groups is 1. The van der Waals surface area contributed by atoms with Gasteiger partial charge in [0.15, 0.2) is 5.75 Å². The Morgan fingerprint density at radius 3 is 2.57 bits per heavy atom. The van der Waals surface area contributed by atoms with Crippen LogP contribution in [-0.2, 0) is 6.61 Å². The van der Waals surface area contributed by atoms with Gasteiger partial charge in [0.2, 0.25) is 0 Å². The Morgan fingerprint density at radius 2 is 1.95 bits per heavy atom. The number of benzene rings is 2. The van der Waals surface area contributed by atoms with Gasteiger partial charge in [0.25, 0.3) is 5.91 Å². The van der Waals surface area contributed by atoms with Crippen molar-refractivity contribution in [3.8, 4) is 5.75 Å². The Kier molecular flexibility index (Phi) is 4.50. The van der Waals surface area contributed by atoms with Crippen molar-refractivity contribution < 1.29 is 14.5 Å². The lowest BCUT2D eigenvalue weighted by Crippen LogP contribution is -2.17. The van der Waals surface area contributed by atoms with Crippen molar-refractivity contribution in [2.24, 2.45) is 0 Å². The molecule has 21 heavy (non-hydrogen) atoms. The number of hydrogen-bond donors (Lipinski definition) is 1. The summed E-state index contributed by atoms with van der Waals surface area (Å²) in [4.78, 5) is 22.1. The molecule has 0 aliphatic heterocycles. The van der Waals surface area contributed by atoms with Gasteiger partial charge in [-0.3, -0.25) is 14.9 Å². The van der Waals surface area contributed by atoms with E-state index in [2.05, 4.69) is 5.32 Å². The molecule has 0 atom stereocenters. The number of rotatable bonds is 5. The van der Waals surface area contributed by atoms with E-state index in [1.165, 1.54) is 25.2 Å². The fraction of sp³-hybridized carbons (Fsp3) is 0.133. The Morgan fingerprint density at radius 1 is 1.24 bits per heavy atom. The van der Waals surface area contributed by atoms with E-state index in [-0.39, 0.29) is 24.0 Å². The molecule has 6 heteroatoms. The maximum absolute atomic E-state index is 11.6. The molecule has 2 aromatic carbocycles. The van der Waals surface area contributed by atoms with E-state index >= 15 is 0 Å². The third-order valence-electron chi connectivity index (χ3n) is 2.88. The van der Waals surface area contributed by atoms with Crippen LogP contribution in [0.3, 0.4) is 0 Å². The number of carbonyl (C=O) groups is 1. The molecule has 0 radical (unpaired) electrons. The maximum atomic E-state index is 11.6. The van der Waals surface area contributed by atoms with Crippen molar-refractivity contribution in [3.05, 3.63) is 69.8 Å². The summed E-state index contributed by atoms with van der Waals surface area (Å²) < 4.78 is 5.50. The summed E-state index contributed by atoms with van der Waals surface area (Å²) in [5.74, 6) is -0.251. The number of nitrogens with zero attached hydrogens (tertiary/aromatic N) is 1. The van der Waals surface area contributed by atoms with Crippen LogP contribution in [0.1, 0.15) is 15.9 Å². The van der Waals surface area contributed by atoms with Crippen LogP contribution in [0.4, 0.5) is 5.69 Å². The van der Waals surface area contributed by atoms with Gasteiger partial charge in [-0.15, -0.1) is 0 Å². The predicted molar refractivity (Wildman–Crippen MR) is 77.3 cm³/mol. The SMILES string of the molecule is CNC(=O)c1ccc([N+](=O)[O-])c(OCc2ccccc2)c1. The second-order valence-electron chi connectivity index (χ2n) is 4.29. The van der Waals surface area contributed by atoms with E-state index in [0.29, 0.717) is 5.56 Å². The first-order valence-electron chi connectivity index (χ1n) is 6.29. The molecule has 0 aliphatic carbocycles. The van der Waals surface area contributed by atoms with Crippen LogP contribution in [0.5, 0.6) is 5.75 Å². The van der Waals surface area contributed by atoms with Crippen LogP contribution in [0.15, 0.2) is 48.5 Å². The molecule has 0 bridgehead atoms. The smallest absolute Gasteiger partial charge is 0.310 e. The van der Waals surface area contributed by atoms with Gasteiger partial charge in [0.05, 0.1) is 4.92 Å². The van der Waals surface area contributed by atoms with E-state index in [1.54, 1.807) is 0 Å². The lowest BCUT2D eigenvalue weighted by Gasteiger charge is -2.08. The molecule has 108 valence electrons. The average molecular weight is 286 g/mol. The Bertz CT molecular complexity index is 656. The second kappa shape index (κ2) is 6.51. The van der Waals surface area contributed by atoms with Crippen LogP contribution < -0.4 is 10.1 Å². The number of amides is 1. The van der Waals surface area contributed by atoms with Gasteiger partial charge in [-0.25, -0.2) is 0 Å². The van der Waals surface area contributed by atoms with Gasteiger partial charge >= 0.3 is 5.69 Å². The van der Waals surface area contributed by atoms with E-state index in [4.69, 9.17) is 4.74 Å². The fourth-order valence-electron chi connectivity index (χ4n) is 1.80. The molecule has 1 N–H and O–H groups in total. The minimum Gasteiger partial charge on any atom is -0.482 e. The molecule has 6 nitrogen and oxygen atoms in total. The van der Waals surface area contributed by atoms with Crippen molar-refractivity contribution in [1.29, 1.82) is 0 Å². The van der Waals surface area contributed by atoms with E-state index in [0.717, 1.165) is 5.56 Å². The van der Waals surface area contributed by atoms with Crippen LogP contribution in [0.25, 0.3) is 0 Å². The minimum absolute atomic E-state index is 0.0740. The zero-order valence-corrected chi connectivity index (χ0v) is 11.4. The van der Waals surface area contributed by atoms with Gasteiger partial charge < -0.3 is 10.1 Å². The maximum Gasteiger partial charge on any atom is 0.310 e. The highest BCUT2D eigenvalue weighted by molar-refractivity contribution is 5.94. The molecule has 0 aliphatic rings. The molecule has 0 fully saturated rings. The van der Waals surface area contributed by atoms with Gasteiger partial charge in [0, 0.05) is 24.7 Å². The molecule has 0 saturated carbocycles. The molecular weight excluding hydrogens is 272 g/mol. The number of ether oxygens (including phenoxy) is 1. The van der Waals surface area contributed by atoms with Gasteiger partial charge in [-0.1, -0.05) is 30.3 Å². The summed E-state index contributed by atoms with van der Waals surface area (Å²) >= 11 is 0. The lowest BCUT2D eigenvalue weighted by molar-refractivity contribution is -0.385. The molecule has 2 aromatic rings. The Balaban J connectivity index is 2.26. The first-order valence-corrected chi connectivity index (χ1v) is 6.29. The molecule has 0 saturated heterocycles. The molecule has 0 unspecified atom stereocenters. The van der Waals surface area contributed by atoms with Gasteiger partial charge in [0.1, 0.15) is 6.61 Å². The van der Waals surface area contributed by atoms with Crippen molar-refractivity contribution >= 4 is 11.6 Å². The third-order valence-corrected chi connectivity index (χ3v) is 2.88. The average Bonchev–Trinajstić information content (AvgIpc) is 2.52. The van der Waals surface area contributed by atoms with Crippen molar-refractivity contribution in [1.82, 2.24) is 5.32 Å². The van der Waals surface area contributed by atoms with Gasteiger partial charge in [-0.2, -0.15) is 0 Å². The van der Waals surface area contributed by atoms with E-state index in [9.17, 15) is 14.9 Å². The van der Waals surface area contributed by atoms with Gasteiger partial charge in [-0.05, 0) is 11.6 Å². The number of nitro benzene ring substituents is 1. The fourth-order valence-corrected chi connectivity index (χ4v) is 1.80. The summed E-state index contributed by atoms with van der Waals surface area (Å²) in [6.07, 6.45) is 0. The summed E-state index contributed by atoms with van der Waals surface area (Å²) in [5.41, 5.74) is 1.03. The first-order chi connectivity index (χ1) is 10.1. The molecule has 0 spiro atoms. The highest BCUT2D eigenvalue weighted by Crippen LogP contribution is 2.28. The van der Waals surface area contributed by atoms with Crippen LogP contribution in [-0.4, -0.2) is 17.9 Å². The van der Waals surface area contributed by atoms with E-state index in [1.807, 2.05) is 30.3 Å². The predicted octanol–water partition coefficient (Wildman–Crippen LogP) is 2.53. The Labute approximate surface area is 121 Å². The number of hydrogen-bond acceptors (Lipinski definition) is 4. The molecule has 1 amide bonds. The summed E-state index contributed by atoms with van der Waals surface area (Å²) in [5, 5.41) is 13.5. The summed E-state index contributed by atoms with van der Waals surface area (Å²) in [6, 6.07) is 13.3. The summed E-state index contributed by atoms with van der Waals surface area (Å²) in [6.45, 7) is 0.193. The highest BCUT2D eigenvalue weighted by Gasteiger charge is 2.17.